The summed E-state index contributed by atoms with van der Waals surface area (Å²) in [5, 5.41) is 0. The van der Waals surface area contributed by atoms with Gasteiger partial charge in [0.25, 0.3) is 0 Å². The van der Waals surface area contributed by atoms with Crippen molar-refractivity contribution in [2.75, 3.05) is 4.31 Å². The summed E-state index contributed by atoms with van der Waals surface area (Å²) < 4.78 is 3.54. The molecule has 3 rings (SSSR count). The summed E-state index contributed by atoms with van der Waals surface area (Å²) in [6.07, 6.45) is 0. The second kappa shape index (κ2) is 4.75. The largest absolute Gasteiger partial charge is 0.311 e. The predicted molar refractivity (Wildman–Crippen MR) is 78.1 cm³/mol. The van der Waals surface area contributed by atoms with Gasteiger partial charge < -0.3 is 4.31 Å². The van der Waals surface area contributed by atoms with Crippen LogP contribution in [-0.4, -0.2) is 0 Å². The van der Waals surface area contributed by atoms with E-state index in [1.807, 2.05) is 11.9 Å². The first-order chi connectivity index (χ1) is 8.33. The Bertz CT molecular complexity index is 527. The zero-order chi connectivity index (χ0) is 11.7. The van der Waals surface area contributed by atoms with Crippen LogP contribution in [0.1, 0.15) is 11.1 Å². The Morgan fingerprint density at radius 2 is 1.94 bits per heavy atom. The lowest BCUT2D eigenvalue weighted by Crippen LogP contribution is -2.09. The van der Waals surface area contributed by atoms with Crippen LogP contribution in [0.4, 0.5) is 5.69 Å². The number of halogens is 1. The van der Waals surface area contributed by atoms with Crippen LogP contribution in [0.25, 0.3) is 0 Å². The standard InChI is InChI=1S/C14H12BrNS/c15-13-6-7-14-12(8-13)10-17-16(14)9-11-4-2-1-3-5-11/h1-8H,9-10H2. The van der Waals surface area contributed by atoms with Gasteiger partial charge in [-0.3, -0.25) is 0 Å². The van der Waals surface area contributed by atoms with E-state index in [0.717, 1.165) is 12.3 Å². The highest BCUT2D eigenvalue weighted by atomic mass is 79.9. The number of hydrogen-bond donors (Lipinski definition) is 0. The smallest absolute Gasteiger partial charge is 0.0546 e. The molecule has 0 unspecified atom stereocenters. The molecule has 0 saturated carbocycles. The van der Waals surface area contributed by atoms with Crippen molar-refractivity contribution in [1.29, 1.82) is 0 Å². The molecule has 0 amide bonds. The number of benzene rings is 2. The summed E-state index contributed by atoms with van der Waals surface area (Å²) >= 11 is 5.41. The van der Waals surface area contributed by atoms with Crippen molar-refractivity contribution in [3.63, 3.8) is 0 Å². The Labute approximate surface area is 114 Å². The van der Waals surface area contributed by atoms with Gasteiger partial charge in [-0.2, -0.15) is 0 Å². The lowest BCUT2D eigenvalue weighted by Gasteiger charge is -2.17. The molecule has 0 bridgehead atoms. The lowest BCUT2D eigenvalue weighted by molar-refractivity contribution is 1.06. The van der Waals surface area contributed by atoms with Gasteiger partial charge in [-0.1, -0.05) is 46.3 Å². The molecule has 0 atom stereocenters. The molecule has 0 aliphatic carbocycles. The van der Waals surface area contributed by atoms with Gasteiger partial charge in [-0.25, -0.2) is 0 Å². The average molecular weight is 306 g/mol. The summed E-state index contributed by atoms with van der Waals surface area (Å²) in [4.78, 5) is 0. The minimum absolute atomic E-state index is 0.972. The molecule has 3 heteroatoms. The normalized spacial score (nSPS) is 13.8. The molecule has 0 aromatic heterocycles. The molecule has 2 aromatic carbocycles. The zero-order valence-electron chi connectivity index (χ0n) is 9.27. The topological polar surface area (TPSA) is 3.24 Å². The van der Waals surface area contributed by atoms with Gasteiger partial charge in [0.15, 0.2) is 0 Å². The van der Waals surface area contributed by atoms with E-state index in [0.29, 0.717) is 0 Å². The molecule has 1 aliphatic rings. The maximum Gasteiger partial charge on any atom is 0.0546 e. The van der Waals surface area contributed by atoms with Gasteiger partial charge in [-0.15, -0.1) is 0 Å². The number of hydrogen-bond acceptors (Lipinski definition) is 2. The third-order valence-corrected chi connectivity index (χ3v) is 4.43. The second-order valence-electron chi connectivity index (χ2n) is 4.07. The van der Waals surface area contributed by atoms with Gasteiger partial charge in [0.05, 0.1) is 12.2 Å². The molecule has 0 N–H and O–H groups in total. The zero-order valence-corrected chi connectivity index (χ0v) is 11.7. The maximum absolute atomic E-state index is 3.52. The van der Waals surface area contributed by atoms with Crippen LogP contribution in [0.3, 0.4) is 0 Å². The van der Waals surface area contributed by atoms with Gasteiger partial charge >= 0.3 is 0 Å². The molecule has 0 fully saturated rings. The van der Waals surface area contributed by atoms with Crippen molar-refractivity contribution in [3.05, 3.63) is 64.1 Å². The molecule has 17 heavy (non-hydrogen) atoms. The molecular formula is C14H12BrNS. The fourth-order valence-electron chi connectivity index (χ4n) is 2.01. The highest BCUT2D eigenvalue weighted by Gasteiger charge is 2.19. The van der Waals surface area contributed by atoms with Crippen molar-refractivity contribution >= 4 is 33.6 Å². The molecule has 1 heterocycles. The van der Waals surface area contributed by atoms with Crippen molar-refractivity contribution in [1.82, 2.24) is 0 Å². The first-order valence-electron chi connectivity index (χ1n) is 5.56. The summed E-state index contributed by atoms with van der Waals surface area (Å²) in [6, 6.07) is 17.1. The molecule has 86 valence electrons. The number of fused-ring (bicyclic) bond motifs is 1. The minimum atomic E-state index is 0.972. The van der Waals surface area contributed by atoms with Crippen LogP contribution < -0.4 is 4.31 Å². The molecule has 1 aliphatic heterocycles. The number of rotatable bonds is 2. The fourth-order valence-corrected chi connectivity index (χ4v) is 3.50. The molecule has 1 nitrogen and oxygen atoms in total. The van der Waals surface area contributed by atoms with Gasteiger partial charge in [0, 0.05) is 10.2 Å². The van der Waals surface area contributed by atoms with Crippen molar-refractivity contribution < 1.29 is 0 Å². The molecule has 2 aromatic rings. The highest BCUT2D eigenvalue weighted by molar-refractivity contribution is 9.10. The first kappa shape index (κ1) is 11.2. The van der Waals surface area contributed by atoms with E-state index in [9.17, 15) is 0 Å². The molecular weight excluding hydrogens is 294 g/mol. The average Bonchev–Trinajstić information content (AvgIpc) is 2.73. The van der Waals surface area contributed by atoms with Crippen molar-refractivity contribution in [2.24, 2.45) is 0 Å². The summed E-state index contributed by atoms with van der Waals surface area (Å²) in [5.74, 6) is 1.07. The first-order valence-corrected chi connectivity index (χ1v) is 7.29. The molecule has 0 spiro atoms. The van der Waals surface area contributed by atoms with Crippen LogP contribution in [0.5, 0.6) is 0 Å². The predicted octanol–water partition coefficient (Wildman–Crippen LogP) is 4.62. The third kappa shape index (κ3) is 2.35. The van der Waals surface area contributed by atoms with Crippen LogP contribution in [0.15, 0.2) is 53.0 Å². The summed E-state index contributed by atoms with van der Waals surface area (Å²) in [6.45, 7) is 0.972. The third-order valence-electron chi connectivity index (χ3n) is 2.86. The van der Waals surface area contributed by atoms with E-state index in [2.05, 4.69) is 68.8 Å². The Kier molecular flexibility index (Phi) is 3.12. The minimum Gasteiger partial charge on any atom is -0.311 e. The van der Waals surface area contributed by atoms with E-state index in [-0.39, 0.29) is 0 Å². The number of anilines is 1. The van der Waals surface area contributed by atoms with Gasteiger partial charge in [0.2, 0.25) is 0 Å². The highest BCUT2D eigenvalue weighted by Crippen LogP contribution is 2.39. The monoisotopic (exact) mass is 305 g/mol. The van der Waals surface area contributed by atoms with Crippen LogP contribution in [-0.2, 0) is 12.3 Å². The Morgan fingerprint density at radius 1 is 1.12 bits per heavy atom. The SMILES string of the molecule is Brc1ccc2c(c1)CSN2Cc1ccccc1. The van der Waals surface area contributed by atoms with Gasteiger partial charge in [0.1, 0.15) is 0 Å². The van der Waals surface area contributed by atoms with E-state index in [4.69, 9.17) is 0 Å². The van der Waals surface area contributed by atoms with Crippen LogP contribution in [0, 0.1) is 0 Å². The maximum atomic E-state index is 3.52. The quantitative estimate of drug-likeness (QED) is 0.745. The van der Waals surface area contributed by atoms with Crippen LogP contribution in [0.2, 0.25) is 0 Å². The van der Waals surface area contributed by atoms with E-state index < -0.39 is 0 Å². The Balaban J connectivity index is 1.85. The van der Waals surface area contributed by atoms with Crippen molar-refractivity contribution in [3.8, 4) is 0 Å². The molecule has 0 radical (unpaired) electrons. The van der Waals surface area contributed by atoms with Crippen molar-refractivity contribution in [2.45, 2.75) is 12.3 Å². The summed E-state index contributed by atoms with van der Waals surface area (Å²) in [5.41, 5.74) is 4.12. The second-order valence-corrected chi connectivity index (χ2v) is 5.97. The van der Waals surface area contributed by atoms with E-state index in [1.54, 1.807) is 0 Å². The number of nitrogens with zero attached hydrogens (tertiary/aromatic N) is 1. The lowest BCUT2D eigenvalue weighted by atomic mass is 10.2. The summed E-state index contributed by atoms with van der Waals surface area (Å²) in [7, 11) is 0. The van der Waals surface area contributed by atoms with E-state index in [1.165, 1.54) is 21.3 Å². The Morgan fingerprint density at radius 3 is 2.76 bits per heavy atom. The Hall–Kier alpha value is -0.930. The molecule has 0 saturated heterocycles. The van der Waals surface area contributed by atoms with E-state index >= 15 is 0 Å². The van der Waals surface area contributed by atoms with Gasteiger partial charge in [-0.05, 0) is 41.3 Å². The fraction of sp³-hybridized carbons (Fsp3) is 0.143. The van der Waals surface area contributed by atoms with Crippen LogP contribution >= 0.6 is 27.9 Å².